The number of nitrogens with zero attached hydrogens (tertiary/aromatic N) is 1. The summed E-state index contributed by atoms with van der Waals surface area (Å²) < 4.78 is 11.0. The lowest BCUT2D eigenvalue weighted by atomic mass is 10.1. The summed E-state index contributed by atoms with van der Waals surface area (Å²) in [6.45, 7) is 1.99. The van der Waals surface area contributed by atoms with Crippen LogP contribution in [-0.2, 0) is 11.3 Å². The second kappa shape index (κ2) is 6.01. The molecule has 0 fully saturated rings. The van der Waals surface area contributed by atoms with Crippen LogP contribution in [0.1, 0.15) is 15.9 Å². The zero-order chi connectivity index (χ0) is 13.8. The molecule has 1 aromatic carbocycles. The Kier molecular flexibility index (Phi) is 4.36. The van der Waals surface area contributed by atoms with Crippen LogP contribution in [0, 0.1) is 0 Å². The van der Waals surface area contributed by atoms with Gasteiger partial charge in [-0.1, -0.05) is 6.07 Å². The summed E-state index contributed by atoms with van der Waals surface area (Å²) in [6, 6.07) is 5.15. The summed E-state index contributed by atoms with van der Waals surface area (Å²) in [5.74, 6) is 0.111. The average Bonchev–Trinajstić information content (AvgIpc) is 2.54. The Labute approximate surface area is 111 Å². The second-order valence-electron chi connectivity index (χ2n) is 4.66. The van der Waals surface area contributed by atoms with Gasteiger partial charge >= 0.3 is 0 Å². The maximum absolute atomic E-state index is 11.4. The van der Waals surface area contributed by atoms with E-state index in [1.807, 2.05) is 13.1 Å². The quantitative estimate of drug-likeness (QED) is 0.621. The predicted molar refractivity (Wildman–Crippen MR) is 68.3 cm³/mol. The van der Waals surface area contributed by atoms with Gasteiger partial charge in [0.25, 0.3) is 5.91 Å². The number of amides is 1. The number of methoxy groups -OCH3 is 1. The van der Waals surface area contributed by atoms with Crippen molar-refractivity contribution in [2.75, 3.05) is 27.3 Å². The van der Waals surface area contributed by atoms with Crippen LogP contribution in [0.15, 0.2) is 18.2 Å². The standard InChI is InChI=1S/C13H18N2O4/c1-15-6-10-4-3-9(13(16)14-17)5-12(10)19-11(7-15)8-18-2/h3-5,11,17H,6-8H2,1-2H3,(H,14,16)/t11-/m1/s1. The molecule has 6 nitrogen and oxygen atoms in total. The van der Waals surface area contributed by atoms with E-state index in [0.717, 1.165) is 18.7 Å². The molecule has 0 aliphatic carbocycles. The fourth-order valence-corrected chi connectivity index (χ4v) is 2.19. The van der Waals surface area contributed by atoms with Crippen molar-refractivity contribution in [3.8, 4) is 5.75 Å². The molecule has 0 radical (unpaired) electrons. The number of rotatable bonds is 3. The lowest BCUT2D eigenvalue weighted by Gasteiger charge is -2.19. The minimum absolute atomic E-state index is 0.0799. The summed E-state index contributed by atoms with van der Waals surface area (Å²) >= 11 is 0. The zero-order valence-corrected chi connectivity index (χ0v) is 11.0. The van der Waals surface area contributed by atoms with Crippen molar-refractivity contribution in [3.05, 3.63) is 29.3 Å². The van der Waals surface area contributed by atoms with Crippen molar-refractivity contribution in [3.63, 3.8) is 0 Å². The predicted octanol–water partition coefficient (Wildman–Crippen LogP) is 0.645. The summed E-state index contributed by atoms with van der Waals surface area (Å²) in [6.07, 6.45) is -0.0799. The van der Waals surface area contributed by atoms with E-state index in [9.17, 15) is 4.79 Å². The van der Waals surface area contributed by atoms with Gasteiger partial charge in [0.1, 0.15) is 11.9 Å². The normalized spacial score (nSPS) is 19.2. The average molecular weight is 266 g/mol. The van der Waals surface area contributed by atoms with Gasteiger partial charge in [-0.3, -0.25) is 14.9 Å². The van der Waals surface area contributed by atoms with Gasteiger partial charge in [-0.25, -0.2) is 5.48 Å². The fraction of sp³-hybridized carbons (Fsp3) is 0.462. The van der Waals surface area contributed by atoms with Crippen LogP contribution in [-0.4, -0.2) is 49.4 Å². The number of benzene rings is 1. The Balaban J connectivity index is 2.28. The summed E-state index contributed by atoms with van der Waals surface area (Å²) in [5.41, 5.74) is 2.99. The smallest absolute Gasteiger partial charge is 0.274 e. The van der Waals surface area contributed by atoms with Crippen molar-refractivity contribution >= 4 is 5.91 Å². The maximum atomic E-state index is 11.4. The number of hydrogen-bond acceptors (Lipinski definition) is 5. The lowest BCUT2D eigenvalue weighted by Crippen LogP contribution is -2.33. The minimum Gasteiger partial charge on any atom is -0.486 e. The van der Waals surface area contributed by atoms with Gasteiger partial charge in [-0.05, 0) is 19.2 Å². The van der Waals surface area contributed by atoms with Crippen LogP contribution in [0.2, 0.25) is 0 Å². The molecule has 104 valence electrons. The SMILES string of the molecule is COC[C@H]1CN(C)Cc2ccc(C(=O)NO)cc2O1. The maximum Gasteiger partial charge on any atom is 0.274 e. The first-order chi connectivity index (χ1) is 9.13. The number of carbonyl (C=O) groups excluding carboxylic acids is 1. The number of hydroxylamine groups is 1. The van der Waals surface area contributed by atoms with E-state index in [4.69, 9.17) is 14.7 Å². The Morgan fingerprint density at radius 3 is 3.11 bits per heavy atom. The lowest BCUT2D eigenvalue weighted by molar-refractivity contribution is 0.0653. The third-order valence-electron chi connectivity index (χ3n) is 3.03. The molecule has 1 atom stereocenters. The van der Waals surface area contributed by atoms with Crippen LogP contribution in [0.4, 0.5) is 0 Å². The molecule has 0 spiro atoms. The van der Waals surface area contributed by atoms with Gasteiger partial charge < -0.3 is 9.47 Å². The monoisotopic (exact) mass is 266 g/mol. The van der Waals surface area contributed by atoms with Crippen LogP contribution < -0.4 is 10.2 Å². The van der Waals surface area contributed by atoms with Gasteiger partial charge in [0.2, 0.25) is 0 Å². The first kappa shape index (κ1) is 13.8. The molecule has 0 saturated carbocycles. The van der Waals surface area contributed by atoms with E-state index in [1.54, 1.807) is 24.7 Å². The van der Waals surface area contributed by atoms with Crippen molar-refractivity contribution < 1.29 is 19.5 Å². The Morgan fingerprint density at radius 2 is 2.42 bits per heavy atom. The Bertz CT molecular complexity index is 464. The molecule has 0 bridgehead atoms. The van der Waals surface area contributed by atoms with Crippen molar-refractivity contribution in [2.24, 2.45) is 0 Å². The molecule has 2 rings (SSSR count). The Hall–Kier alpha value is -1.63. The molecule has 1 aromatic rings. The highest BCUT2D eigenvalue weighted by atomic mass is 16.5. The summed E-state index contributed by atoms with van der Waals surface area (Å²) in [4.78, 5) is 13.5. The molecule has 1 aliphatic rings. The van der Waals surface area contributed by atoms with E-state index < -0.39 is 5.91 Å². The Morgan fingerprint density at radius 1 is 1.63 bits per heavy atom. The van der Waals surface area contributed by atoms with Crippen molar-refractivity contribution in [2.45, 2.75) is 12.6 Å². The van der Waals surface area contributed by atoms with E-state index in [1.165, 1.54) is 0 Å². The first-order valence-electron chi connectivity index (χ1n) is 6.05. The molecule has 1 heterocycles. The van der Waals surface area contributed by atoms with Gasteiger partial charge in [-0.2, -0.15) is 0 Å². The molecule has 1 aliphatic heterocycles. The number of nitrogens with one attached hydrogen (secondary N) is 1. The zero-order valence-electron chi connectivity index (χ0n) is 11.0. The highest BCUT2D eigenvalue weighted by Crippen LogP contribution is 2.26. The van der Waals surface area contributed by atoms with Gasteiger partial charge in [0.15, 0.2) is 0 Å². The van der Waals surface area contributed by atoms with Crippen LogP contribution in [0.3, 0.4) is 0 Å². The van der Waals surface area contributed by atoms with Crippen LogP contribution >= 0.6 is 0 Å². The number of ether oxygens (including phenoxy) is 2. The van der Waals surface area contributed by atoms with E-state index in [-0.39, 0.29) is 6.10 Å². The summed E-state index contributed by atoms with van der Waals surface area (Å²) in [5, 5.41) is 8.66. The number of carbonyl (C=O) groups is 1. The van der Waals surface area contributed by atoms with Crippen LogP contribution in [0.25, 0.3) is 0 Å². The topological polar surface area (TPSA) is 71.0 Å². The second-order valence-corrected chi connectivity index (χ2v) is 4.66. The largest absolute Gasteiger partial charge is 0.486 e. The van der Waals surface area contributed by atoms with Gasteiger partial charge in [-0.15, -0.1) is 0 Å². The van der Waals surface area contributed by atoms with E-state index in [2.05, 4.69) is 4.90 Å². The number of fused-ring (bicyclic) bond motifs is 1. The highest BCUT2D eigenvalue weighted by molar-refractivity contribution is 5.93. The number of likely N-dealkylation sites (N-methyl/N-ethyl adjacent to an activating group) is 1. The van der Waals surface area contributed by atoms with Crippen molar-refractivity contribution in [1.82, 2.24) is 10.4 Å². The third kappa shape index (κ3) is 3.23. The molecule has 1 amide bonds. The van der Waals surface area contributed by atoms with Crippen LogP contribution in [0.5, 0.6) is 5.75 Å². The molecule has 0 saturated heterocycles. The third-order valence-corrected chi connectivity index (χ3v) is 3.03. The van der Waals surface area contributed by atoms with Gasteiger partial charge in [0, 0.05) is 31.3 Å². The molecule has 0 unspecified atom stereocenters. The molecular weight excluding hydrogens is 248 g/mol. The van der Waals surface area contributed by atoms with Crippen molar-refractivity contribution in [1.29, 1.82) is 0 Å². The molecule has 2 N–H and O–H groups in total. The molecule has 0 aromatic heterocycles. The summed E-state index contributed by atoms with van der Waals surface area (Å²) in [7, 11) is 3.64. The highest BCUT2D eigenvalue weighted by Gasteiger charge is 2.21. The van der Waals surface area contributed by atoms with E-state index >= 15 is 0 Å². The fourth-order valence-electron chi connectivity index (χ4n) is 2.19. The molecule has 6 heteroatoms. The minimum atomic E-state index is -0.549. The number of hydrogen-bond donors (Lipinski definition) is 2. The van der Waals surface area contributed by atoms with Gasteiger partial charge in [0.05, 0.1) is 6.61 Å². The van der Waals surface area contributed by atoms with E-state index in [0.29, 0.717) is 17.9 Å². The first-order valence-corrected chi connectivity index (χ1v) is 6.05. The molecular formula is C13H18N2O4. The molecule has 19 heavy (non-hydrogen) atoms.